The van der Waals surface area contributed by atoms with Gasteiger partial charge in [-0.05, 0) is 85.1 Å². The van der Waals surface area contributed by atoms with Gasteiger partial charge in [0.05, 0.1) is 14.2 Å². The third kappa shape index (κ3) is 5.16. The van der Waals surface area contributed by atoms with Gasteiger partial charge < -0.3 is 19.1 Å². The van der Waals surface area contributed by atoms with Crippen LogP contribution in [0.2, 0.25) is 0 Å². The molecule has 2 fully saturated rings. The van der Waals surface area contributed by atoms with Crippen LogP contribution in [0.25, 0.3) is 6.08 Å². The van der Waals surface area contributed by atoms with E-state index in [0.29, 0.717) is 0 Å². The summed E-state index contributed by atoms with van der Waals surface area (Å²) in [4.78, 5) is 28.8. The van der Waals surface area contributed by atoms with Crippen LogP contribution in [0.15, 0.2) is 78.6 Å². The number of benzene rings is 3. The largest absolute Gasteiger partial charge is 0.497 e. The van der Waals surface area contributed by atoms with Crippen LogP contribution < -0.4 is 14.4 Å². The summed E-state index contributed by atoms with van der Waals surface area (Å²) in [5, 5.41) is 0. The Morgan fingerprint density at radius 1 is 0.757 bits per heavy atom. The van der Waals surface area contributed by atoms with Gasteiger partial charge in [-0.2, -0.15) is 0 Å². The number of hydrogen-bond donors (Lipinski definition) is 0. The zero-order valence-electron chi connectivity index (χ0n) is 21.1. The van der Waals surface area contributed by atoms with Crippen LogP contribution in [-0.2, 0) is 9.53 Å². The molecule has 0 radical (unpaired) electrons. The zero-order chi connectivity index (χ0) is 25.8. The van der Waals surface area contributed by atoms with Crippen molar-refractivity contribution in [3.05, 3.63) is 84.1 Å². The Morgan fingerprint density at radius 2 is 1.24 bits per heavy atom. The summed E-state index contributed by atoms with van der Waals surface area (Å²) in [6.07, 6.45) is 5.96. The number of methoxy groups -OCH3 is 2. The molecule has 0 unspecified atom stereocenters. The van der Waals surface area contributed by atoms with Gasteiger partial charge in [0.1, 0.15) is 11.5 Å². The first-order valence-electron chi connectivity index (χ1n) is 12.5. The second kappa shape index (κ2) is 10.8. The lowest BCUT2D eigenvalue weighted by atomic mass is 9.94. The summed E-state index contributed by atoms with van der Waals surface area (Å²) in [5.74, 6) is 1.28. The van der Waals surface area contributed by atoms with Crippen molar-refractivity contribution in [2.45, 2.75) is 38.1 Å². The first-order chi connectivity index (χ1) is 18.1. The van der Waals surface area contributed by atoms with Gasteiger partial charge in [0.15, 0.2) is 5.76 Å². The topological polar surface area (TPSA) is 68.3 Å². The molecule has 1 saturated carbocycles. The fourth-order valence-electron chi connectivity index (χ4n) is 4.91. The maximum absolute atomic E-state index is 13.0. The molecule has 5 rings (SSSR count). The van der Waals surface area contributed by atoms with Gasteiger partial charge in [-0.3, -0.25) is 4.79 Å². The predicted molar refractivity (Wildman–Crippen MR) is 142 cm³/mol. The average Bonchev–Trinajstić information content (AvgIpc) is 3.23. The average molecular weight is 499 g/mol. The van der Waals surface area contributed by atoms with Crippen molar-refractivity contribution in [3.8, 4) is 11.5 Å². The van der Waals surface area contributed by atoms with Gasteiger partial charge in [-0.1, -0.05) is 31.4 Å². The lowest BCUT2D eigenvalue weighted by molar-refractivity contribution is -0.125. The third-order valence-corrected chi connectivity index (χ3v) is 6.87. The summed E-state index contributed by atoms with van der Waals surface area (Å²) < 4.78 is 16.0. The van der Waals surface area contributed by atoms with Crippen molar-refractivity contribution in [3.63, 3.8) is 0 Å². The number of cyclic esters (lactones) is 1. The molecule has 0 atom stereocenters. The van der Waals surface area contributed by atoms with Crippen LogP contribution in [0.4, 0.5) is 21.9 Å². The van der Waals surface area contributed by atoms with E-state index in [1.807, 2.05) is 72.8 Å². The van der Waals surface area contributed by atoms with Gasteiger partial charge in [0.25, 0.3) is 5.91 Å². The Balaban J connectivity index is 1.42. The Morgan fingerprint density at radius 3 is 1.73 bits per heavy atom. The number of imide groups is 1. The Hall–Kier alpha value is -4.26. The molecular weight excluding hydrogens is 468 g/mol. The minimum Gasteiger partial charge on any atom is -0.497 e. The van der Waals surface area contributed by atoms with Gasteiger partial charge in [-0.25, -0.2) is 9.69 Å². The summed E-state index contributed by atoms with van der Waals surface area (Å²) in [5.41, 5.74) is 3.62. The Labute approximate surface area is 216 Å². The minimum atomic E-state index is -0.565. The van der Waals surface area contributed by atoms with E-state index in [2.05, 4.69) is 4.90 Å². The number of carbonyl (C=O) groups is 2. The van der Waals surface area contributed by atoms with Crippen LogP contribution >= 0.6 is 0 Å². The van der Waals surface area contributed by atoms with Gasteiger partial charge in [0.2, 0.25) is 0 Å². The molecule has 37 heavy (non-hydrogen) atoms. The number of ether oxygens (including phenoxy) is 3. The van der Waals surface area contributed by atoms with Crippen molar-refractivity contribution in [1.82, 2.24) is 4.90 Å². The molecule has 2 aliphatic rings. The summed E-state index contributed by atoms with van der Waals surface area (Å²) in [7, 11) is 3.29. The third-order valence-electron chi connectivity index (χ3n) is 6.87. The molecular formula is C30H30N2O5. The van der Waals surface area contributed by atoms with Gasteiger partial charge >= 0.3 is 6.09 Å². The highest BCUT2D eigenvalue weighted by Gasteiger charge is 2.41. The Bertz CT molecular complexity index is 1230. The second-order valence-corrected chi connectivity index (χ2v) is 9.17. The van der Waals surface area contributed by atoms with E-state index >= 15 is 0 Å². The highest BCUT2D eigenvalue weighted by molar-refractivity contribution is 6.10. The molecule has 0 bridgehead atoms. The number of amides is 2. The van der Waals surface area contributed by atoms with Crippen molar-refractivity contribution in [2.24, 2.45) is 0 Å². The van der Waals surface area contributed by atoms with Crippen LogP contribution in [0, 0.1) is 0 Å². The first-order valence-corrected chi connectivity index (χ1v) is 12.5. The van der Waals surface area contributed by atoms with E-state index in [9.17, 15) is 9.59 Å². The van der Waals surface area contributed by atoms with Crippen LogP contribution in [0.3, 0.4) is 0 Å². The van der Waals surface area contributed by atoms with E-state index in [1.54, 1.807) is 20.3 Å². The number of carbonyl (C=O) groups excluding carboxylic acids is 2. The lowest BCUT2D eigenvalue weighted by Crippen LogP contribution is -2.40. The maximum atomic E-state index is 13.0. The van der Waals surface area contributed by atoms with E-state index < -0.39 is 6.09 Å². The molecule has 1 aliphatic carbocycles. The predicted octanol–water partition coefficient (Wildman–Crippen LogP) is 6.83. The number of nitrogens with zero attached hydrogens (tertiary/aromatic N) is 2. The van der Waals surface area contributed by atoms with E-state index in [1.165, 1.54) is 4.90 Å². The van der Waals surface area contributed by atoms with Gasteiger partial charge in [0, 0.05) is 23.1 Å². The summed E-state index contributed by atoms with van der Waals surface area (Å²) in [6, 6.07) is 23.4. The molecule has 1 heterocycles. The van der Waals surface area contributed by atoms with E-state index in [0.717, 1.165) is 66.2 Å². The van der Waals surface area contributed by atoms with Crippen molar-refractivity contribution >= 4 is 35.1 Å². The van der Waals surface area contributed by atoms with Crippen molar-refractivity contribution in [1.29, 1.82) is 0 Å². The molecule has 0 N–H and O–H groups in total. The number of anilines is 3. The quantitative estimate of drug-likeness (QED) is 0.333. The number of rotatable bonds is 7. The van der Waals surface area contributed by atoms with Crippen LogP contribution in [-0.4, -0.2) is 37.2 Å². The summed E-state index contributed by atoms with van der Waals surface area (Å²) >= 11 is 0. The molecule has 7 nitrogen and oxygen atoms in total. The molecule has 2 amide bonds. The minimum absolute atomic E-state index is 0.0652. The molecule has 0 aromatic heterocycles. The molecule has 1 saturated heterocycles. The second-order valence-electron chi connectivity index (χ2n) is 9.17. The summed E-state index contributed by atoms with van der Waals surface area (Å²) in [6.45, 7) is 0. The lowest BCUT2D eigenvalue weighted by Gasteiger charge is -2.27. The van der Waals surface area contributed by atoms with E-state index in [4.69, 9.17) is 14.2 Å². The first kappa shape index (κ1) is 24.4. The molecule has 0 spiro atoms. The van der Waals surface area contributed by atoms with Crippen LogP contribution in [0.5, 0.6) is 11.5 Å². The molecule has 3 aromatic carbocycles. The molecule has 3 aromatic rings. The zero-order valence-corrected chi connectivity index (χ0v) is 21.1. The number of hydrogen-bond acceptors (Lipinski definition) is 6. The fraction of sp³-hybridized carbons (Fsp3) is 0.267. The molecule has 7 heteroatoms. The fourth-order valence-corrected chi connectivity index (χ4v) is 4.91. The molecule has 190 valence electrons. The van der Waals surface area contributed by atoms with Crippen molar-refractivity contribution in [2.75, 3.05) is 19.1 Å². The highest BCUT2D eigenvalue weighted by Crippen LogP contribution is 2.36. The normalized spacial score (nSPS) is 17.1. The van der Waals surface area contributed by atoms with Gasteiger partial charge in [-0.15, -0.1) is 0 Å². The smallest absolute Gasteiger partial charge is 0.422 e. The standard InChI is InChI=1S/C30H30N2O5/c1-35-26-16-12-24(13-17-26)31(25-14-18-27(36-2)19-15-25)23-10-8-21(9-11-23)20-28-29(33)32(30(34)37-28)22-6-4-3-5-7-22/h8-20,22H,3-7H2,1-2H3. The maximum Gasteiger partial charge on any atom is 0.422 e. The monoisotopic (exact) mass is 498 g/mol. The highest BCUT2D eigenvalue weighted by atomic mass is 16.6. The van der Waals surface area contributed by atoms with Crippen LogP contribution in [0.1, 0.15) is 37.7 Å². The SMILES string of the molecule is COc1ccc(N(c2ccc(C=C3OC(=O)N(C4CCCCC4)C3=O)cc2)c2ccc(OC)cc2)cc1. The molecule has 1 aliphatic heterocycles. The Kier molecular flexibility index (Phi) is 7.12. The van der Waals surface area contributed by atoms with Crippen molar-refractivity contribution < 1.29 is 23.8 Å². The van der Waals surface area contributed by atoms with E-state index in [-0.39, 0.29) is 17.7 Å².